The summed E-state index contributed by atoms with van der Waals surface area (Å²) < 4.78 is 5.61. The Morgan fingerprint density at radius 2 is 2.07 bits per heavy atom. The Kier molecular flexibility index (Phi) is 8.09. The minimum Gasteiger partial charge on any atom is -0.378 e. The lowest BCUT2D eigenvalue weighted by atomic mass is 10.0. The SMILES string of the molecule is CCNC(N)=NCCC(OCC)C(C)C. The van der Waals surface area contributed by atoms with E-state index in [0.717, 1.165) is 26.1 Å². The zero-order valence-electron chi connectivity index (χ0n) is 10.4. The van der Waals surface area contributed by atoms with Crippen molar-refractivity contribution in [3.63, 3.8) is 0 Å². The monoisotopic (exact) mass is 215 g/mol. The molecule has 0 bridgehead atoms. The summed E-state index contributed by atoms with van der Waals surface area (Å²) in [4.78, 5) is 4.22. The molecule has 0 amide bonds. The molecule has 0 heterocycles. The Labute approximate surface area is 93.3 Å². The number of nitrogens with zero attached hydrogens (tertiary/aromatic N) is 1. The first-order chi connectivity index (χ1) is 7.11. The Hall–Kier alpha value is -0.770. The zero-order valence-corrected chi connectivity index (χ0v) is 10.4. The van der Waals surface area contributed by atoms with Crippen molar-refractivity contribution in [2.24, 2.45) is 16.6 Å². The molecular weight excluding hydrogens is 190 g/mol. The molecule has 1 unspecified atom stereocenters. The van der Waals surface area contributed by atoms with E-state index in [-0.39, 0.29) is 6.10 Å². The van der Waals surface area contributed by atoms with E-state index < -0.39 is 0 Å². The van der Waals surface area contributed by atoms with Crippen molar-refractivity contribution in [3.8, 4) is 0 Å². The molecule has 4 nitrogen and oxygen atoms in total. The normalized spacial score (nSPS) is 14.3. The first-order valence-corrected chi connectivity index (χ1v) is 5.77. The second-order valence-electron chi connectivity index (χ2n) is 3.82. The molecule has 0 saturated heterocycles. The van der Waals surface area contributed by atoms with E-state index in [4.69, 9.17) is 10.5 Å². The Morgan fingerprint density at radius 1 is 1.40 bits per heavy atom. The lowest BCUT2D eigenvalue weighted by Crippen LogP contribution is -2.31. The molecule has 0 fully saturated rings. The molecule has 90 valence electrons. The molecule has 0 rings (SSSR count). The van der Waals surface area contributed by atoms with E-state index >= 15 is 0 Å². The van der Waals surface area contributed by atoms with Gasteiger partial charge in [-0.25, -0.2) is 0 Å². The number of hydrogen-bond donors (Lipinski definition) is 2. The lowest BCUT2D eigenvalue weighted by molar-refractivity contribution is 0.0266. The highest BCUT2D eigenvalue weighted by Crippen LogP contribution is 2.10. The first-order valence-electron chi connectivity index (χ1n) is 5.77. The van der Waals surface area contributed by atoms with Crippen molar-refractivity contribution in [3.05, 3.63) is 0 Å². The molecule has 0 aliphatic carbocycles. The number of guanidine groups is 1. The Morgan fingerprint density at radius 3 is 2.53 bits per heavy atom. The van der Waals surface area contributed by atoms with E-state index in [1.807, 2.05) is 13.8 Å². The van der Waals surface area contributed by atoms with Crippen LogP contribution >= 0.6 is 0 Å². The molecule has 15 heavy (non-hydrogen) atoms. The summed E-state index contributed by atoms with van der Waals surface area (Å²) in [6.07, 6.45) is 1.21. The van der Waals surface area contributed by atoms with Gasteiger partial charge in [0.2, 0.25) is 0 Å². The predicted octanol–water partition coefficient (Wildman–Crippen LogP) is 1.36. The topological polar surface area (TPSA) is 59.6 Å². The largest absolute Gasteiger partial charge is 0.378 e. The van der Waals surface area contributed by atoms with Gasteiger partial charge in [0.1, 0.15) is 0 Å². The molecular formula is C11H25N3O. The number of aliphatic imine (C=N–C) groups is 1. The van der Waals surface area contributed by atoms with E-state index in [0.29, 0.717) is 11.9 Å². The molecule has 0 spiro atoms. The van der Waals surface area contributed by atoms with Gasteiger partial charge in [-0.3, -0.25) is 4.99 Å². The highest BCUT2D eigenvalue weighted by atomic mass is 16.5. The standard InChI is InChI=1S/C11H25N3O/c1-5-13-11(12)14-8-7-10(9(3)4)15-6-2/h9-10H,5-8H2,1-4H3,(H3,12,13,14). The molecule has 0 aromatic carbocycles. The predicted molar refractivity (Wildman–Crippen MR) is 65.0 cm³/mol. The second kappa shape index (κ2) is 8.53. The van der Waals surface area contributed by atoms with Gasteiger partial charge < -0.3 is 15.8 Å². The van der Waals surface area contributed by atoms with Gasteiger partial charge in [0, 0.05) is 19.7 Å². The summed E-state index contributed by atoms with van der Waals surface area (Å²) in [5.74, 6) is 1.05. The second-order valence-corrected chi connectivity index (χ2v) is 3.82. The number of nitrogens with two attached hydrogens (primary N) is 1. The van der Waals surface area contributed by atoms with Crippen molar-refractivity contribution in [2.45, 2.75) is 40.2 Å². The zero-order chi connectivity index (χ0) is 11.7. The fraction of sp³-hybridized carbons (Fsp3) is 0.909. The highest BCUT2D eigenvalue weighted by Gasteiger charge is 2.12. The quantitative estimate of drug-likeness (QED) is 0.498. The van der Waals surface area contributed by atoms with Crippen LogP contribution in [0.3, 0.4) is 0 Å². The van der Waals surface area contributed by atoms with E-state index in [2.05, 4.69) is 24.2 Å². The maximum atomic E-state index is 5.62. The summed E-state index contributed by atoms with van der Waals surface area (Å²) in [6.45, 7) is 10.6. The molecule has 0 saturated carbocycles. The Bertz CT molecular complexity index is 181. The van der Waals surface area contributed by atoms with Gasteiger partial charge in [-0.05, 0) is 26.2 Å². The summed E-state index contributed by atoms with van der Waals surface area (Å²) in [7, 11) is 0. The number of ether oxygens (including phenoxy) is 1. The summed E-state index contributed by atoms with van der Waals surface area (Å²) in [6, 6.07) is 0. The van der Waals surface area contributed by atoms with Gasteiger partial charge in [0.25, 0.3) is 0 Å². The molecule has 0 aliphatic rings. The van der Waals surface area contributed by atoms with Crippen LogP contribution in [0.15, 0.2) is 4.99 Å². The highest BCUT2D eigenvalue weighted by molar-refractivity contribution is 5.77. The first kappa shape index (κ1) is 14.2. The molecule has 0 aliphatic heterocycles. The van der Waals surface area contributed by atoms with E-state index in [1.54, 1.807) is 0 Å². The van der Waals surface area contributed by atoms with Crippen LogP contribution < -0.4 is 11.1 Å². The van der Waals surface area contributed by atoms with Crippen molar-refractivity contribution in [1.82, 2.24) is 5.32 Å². The third kappa shape index (κ3) is 7.19. The van der Waals surface area contributed by atoms with Gasteiger partial charge in [-0.1, -0.05) is 13.8 Å². The van der Waals surface area contributed by atoms with Crippen LogP contribution in [0, 0.1) is 5.92 Å². The third-order valence-electron chi connectivity index (χ3n) is 2.18. The molecule has 1 atom stereocenters. The van der Waals surface area contributed by atoms with Gasteiger partial charge >= 0.3 is 0 Å². The number of nitrogens with one attached hydrogen (secondary N) is 1. The van der Waals surface area contributed by atoms with Gasteiger partial charge in [-0.15, -0.1) is 0 Å². The smallest absolute Gasteiger partial charge is 0.188 e. The minimum atomic E-state index is 0.285. The molecule has 0 radical (unpaired) electrons. The molecule has 0 aromatic rings. The van der Waals surface area contributed by atoms with E-state index in [1.165, 1.54) is 0 Å². The van der Waals surface area contributed by atoms with Crippen molar-refractivity contribution in [1.29, 1.82) is 0 Å². The average Bonchev–Trinajstić information content (AvgIpc) is 2.16. The van der Waals surface area contributed by atoms with Crippen molar-refractivity contribution < 1.29 is 4.74 Å². The van der Waals surface area contributed by atoms with Crippen LogP contribution in [-0.4, -0.2) is 31.8 Å². The van der Waals surface area contributed by atoms with Crippen LogP contribution in [0.1, 0.15) is 34.1 Å². The summed E-state index contributed by atoms with van der Waals surface area (Å²) >= 11 is 0. The van der Waals surface area contributed by atoms with Crippen molar-refractivity contribution in [2.75, 3.05) is 19.7 Å². The van der Waals surface area contributed by atoms with E-state index in [9.17, 15) is 0 Å². The number of rotatable bonds is 7. The van der Waals surface area contributed by atoms with Gasteiger partial charge in [0.15, 0.2) is 5.96 Å². The van der Waals surface area contributed by atoms with Crippen molar-refractivity contribution >= 4 is 5.96 Å². The maximum Gasteiger partial charge on any atom is 0.188 e. The fourth-order valence-electron chi connectivity index (χ4n) is 1.37. The Balaban J connectivity index is 3.84. The molecule has 3 N–H and O–H groups in total. The van der Waals surface area contributed by atoms with Crippen LogP contribution in [0.2, 0.25) is 0 Å². The van der Waals surface area contributed by atoms with Crippen LogP contribution in [-0.2, 0) is 4.74 Å². The van der Waals surface area contributed by atoms with Gasteiger partial charge in [0.05, 0.1) is 6.10 Å². The molecule has 4 heteroatoms. The lowest BCUT2D eigenvalue weighted by Gasteiger charge is -2.19. The van der Waals surface area contributed by atoms with Crippen LogP contribution in [0.25, 0.3) is 0 Å². The average molecular weight is 215 g/mol. The summed E-state index contributed by atoms with van der Waals surface area (Å²) in [5.41, 5.74) is 5.62. The molecule has 0 aromatic heterocycles. The maximum absolute atomic E-state index is 5.62. The fourth-order valence-corrected chi connectivity index (χ4v) is 1.37. The van der Waals surface area contributed by atoms with Gasteiger partial charge in [-0.2, -0.15) is 0 Å². The number of hydrogen-bond acceptors (Lipinski definition) is 2. The van der Waals surface area contributed by atoms with Crippen LogP contribution in [0.4, 0.5) is 0 Å². The minimum absolute atomic E-state index is 0.285. The summed E-state index contributed by atoms with van der Waals surface area (Å²) in [5, 5.41) is 2.97. The van der Waals surface area contributed by atoms with Crippen LogP contribution in [0.5, 0.6) is 0 Å². The third-order valence-corrected chi connectivity index (χ3v) is 2.18.